The third-order valence-electron chi connectivity index (χ3n) is 3.03. The zero-order chi connectivity index (χ0) is 13.5. The smallest absolute Gasteiger partial charge is 0.122 e. The minimum atomic E-state index is -0.466. The summed E-state index contributed by atoms with van der Waals surface area (Å²) in [6, 6.07) is 3.97. The van der Waals surface area contributed by atoms with Crippen LogP contribution in [0.4, 0.5) is 0 Å². The number of hydrogen-bond donors (Lipinski definition) is 1. The average molecular weight is 252 g/mol. The molecule has 0 amide bonds. The first kappa shape index (κ1) is 15.0. The highest BCUT2D eigenvalue weighted by Gasteiger charge is 2.12. The highest BCUT2D eigenvalue weighted by Crippen LogP contribution is 2.28. The summed E-state index contributed by atoms with van der Waals surface area (Å²) >= 11 is 0. The van der Waals surface area contributed by atoms with E-state index >= 15 is 0 Å². The molecule has 0 bridgehead atoms. The number of aliphatic hydroxyl groups excluding tert-OH is 1. The van der Waals surface area contributed by atoms with Gasteiger partial charge >= 0.3 is 0 Å². The Bertz CT molecular complexity index is 374. The van der Waals surface area contributed by atoms with Crippen molar-refractivity contribution in [3.05, 3.63) is 28.8 Å². The Kier molecular flexibility index (Phi) is 6.16. The molecule has 0 radical (unpaired) electrons. The minimum absolute atomic E-state index is 0.466. The van der Waals surface area contributed by atoms with Crippen LogP contribution < -0.4 is 4.74 Å². The van der Waals surface area contributed by atoms with E-state index in [4.69, 9.17) is 9.47 Å². The van der Waals surface area contributed by atoms with Crippen LogP contribution in [-0.2, 0) is 4.74 Å². The first-order valence-electron chi connectivity index (χ1n) is 6.51. The molecule has 0 spiro atoms. The molecule has 0 aliphatic rings. The maximum atomic E-state index is 10.2. The van der Waals surface area contributed by atoms with Crippen molar-refractivity contribution >= 4 is 0 Å². The molecule has 1 rings (SSSR count). The molecule has 0 heterocycles. The lowest BCUT2D eigenvalue weighted by molar-refractivity contribution is 0.0819. The molecule has 1 atom stereocenters. The van der Waals surface area contributed by atoms with Crippen LogP contribution in [0.15, 0.2) is 12.1 Å². The first-order valence-corrected chi connectivity index (χ1v) is 6.51. The maximum Gasteiger partial charge on any atom is 0.122 e. The number of aryl methyl sites for hydroxylation is 2. The molecule has 3 heteroatoms. The standard InChI is InChI=1S/C15H24O3/c1-5-7-18-8-6-14(16)13-9-12(3)15(17-4)10-11(13)2/h9-10,14,16H,5-8H2,1-4H3. The van der Waals surface area contributed by atoms with E-state index in [2.05, 4.69) is 6.92 Å². The SMILES string of the molecule is CCCOCCC(O)c1cc(C)c(OC)cc1C. The van der Waals surface area contributed by atoms with Crippen molar-refractivity contribution in [2.24, 2.45) is 0 Å². The lowest BCUT2D eigenvalue weighted by Gasteiger charge is -2.16. The Labute approximate surface area is 110 Å². The van der Waals surface area contributed by atoms with Crippen LogP contribution in [0.25, 0.3) is 0 Å². The van der Waals surface area contributed by atoms with Gasteiger partial charge in [-0.25, -0.2) is 0 Å². The Hall–Kier alpha value is -1.06. The van der Waals surface area contributed by atoms with Crippen LogP contribution in [0.5, 0.6) is 5.75 Å². The number of aliphatic hydroxyl groups is 1. The molecule has 18 heavy (non-hydrogen) atoms. The topological polar surface area (TPSA) is 38.7 Å². The second-order valence-corrected chi connectivity index (χ2v) is 4.60. The van der Waals surface area contributed by atoms with Gasteiger partial charge in [0.05, 0.1) is 13.2 Å². The number of ether oxygens (including phenoxy) is 2. The fraction of sp³-hybridized carbons (Fsp3) is 0.600. The summed E-state index contributed by atoms with van der Waals surface area (Å²) in [5.41, 5.74) is 3.07. The number of rotatable bonds is 7. The van der Waals surface area contributed by atoms with E-state index in [1.165, 1.54) is 0 Å². The summed E-state index contributed by atoms with van der Waals surface area (Å²) < 4.78 is 10.7. The molecule has 1 aromatic carbocycles. The van der Waals surface area contributed by atoms with E-state index in [0.29, 0.717) is 13.0 Å². The van der Waals surface area contributed by atoms with Crippen molar-refractivity contribution in [2.75, 3.05) is 20.3 Å². The first-order chi connectivity index (χ1) is 8.60. The molecular formula is C15H24O3. The maximum absolute atomic E-state index is 10.2. The number of benzene rings is 1. The second kappa shape index (κ2) is 7.39. The van der Waals surface area contributed by atoms with Crippen LogP contribution in [-0.4, -0.2) is 25.4 Å². The monoisotopic (exact) mass is 252 g/mol. The Morgan fingerprint density at radius 3 is 2.50 bits per heavy atom. The largest absolute Gasteiger partial charge is 0.496 e. The van der Waals surface area contributed by atoms with Gasteiger partial charge in [0.15, 0.2) is 0 Å². The quantitative estimate of drug-likeness (QED) is 0.758. The third kappa shape index (κ3) is 4.00. The molecule has 0 saturated heterocycles. The fourth-order valence-corrected chi connectivity index (χ4v) is 1.99. The molecule has 0 aromatic heterocycles. The lowest BCUT2D eigenvalue weighted by Crippen LogP contribution is -2.06. The van der Waals surface area contributed by atoms with Crippen molar-refractivity contribution in [1.82, 2.24) is 0 Å². The minimum Gasteiger partial charge on any atom is -0.496 e. The zero-order valence-electron chi connectivity index (χ0n) is 11.8. The molecule has 102 valence electrons. The summed E-state index contributed by atoms with van der Waals surface area (Å²) in [5, 5.41) is 10.2. The van der Waals surface area contributed by atoms with E-state index in [9.17, 15) is 5.11 Å². The van der Waals surface area contributed by atoms with E-state index in [1.807, 2.05) is 26.0 Å². The molecule has 1 N–H and O–H groups in total. The molecule has 0 saturated carbocycles. The van der Waals surface area contributed by atoms with Crippen LogP contribution in [0.1, 0.15) is 42.6 Å². The van der Waals surface area contributed by atoms with Crippen molar-refractivity contribution in [3.8, 4) is 5.75 Å². The Morgan fingerprint density at radius 2 is 1.89 bits per heavy atom. The van der Waals surface area contributed by atoms with Gasteiger partial charge in [0, 0.05) is 19.6 Å². The molecule has 1 unspecified atom stereocenters. The summed E-state index contributed by atoms with van der Waals surface area (Å²) in [7, 11) is 1.66. The van der Waals surface area contributed by atoms with Crippen molar-refractivity contribution in [2.45, 2.75) is 39.7 Å². The van der Waals surface area contributed by atoms with Crippen molar-refractivity contribution in [1.29, 1.82) is 0 Å². The van der Waals surface area contributed by atoms with Crippen LogP contribution in [0, 0.1) is 13.8 Å². The predicted molar refractivity (Wildman–Crippen MR) is 73.2 cm³/mol. The highest BCUT2D eigenvalue weighted by molar-refractivity contribution is 5.42. The van der Waals surface area contributed by atoms with Gasteiger partial charge in [-0.3, -0.25) is 0 Å². The molecule has 0 aliphatic carbocycles. The lowest BCUT2D eigenvalue weighted by atomic mass is 9.98. The van der Waals surface area contributed by atoms with Gasteiger partial charge in [0.1, 0.15) is 5.75 Å². The summed E-state index contributed by atoms with van der Waals surface area (Å²) in [4.78, 5) is 0. The normalized spacial score (nSPS) is 12.5. The highest BCUT2D eigenvalue weighted by atomic mass is 16.5. The zero-order valence-corrected chi connectivity index (χ0v) is 11.8. The number of hydrogen-bond acceptors (Lipinski definition) is 3. The summed E-state index contributed by atoms with van der Waals surface area (Å²) in [5.74, 6) is 0.866. The Balaban J connectivity index is 2.67. The molecule has 3 nitrogen and oxygen atoms in total. The third-order valence-corrected chi connectivity index (χ3v) is 3.03. The predicted octanol–water partition coefficient (Wildman–Crippen LogP) is 3.16. The van der Waals surface area contributed by atoms with E-state index < -0.39 is 6.10 Å². The van der Waals surface area contributed by atoms with Gasteiger partial charge in [-0.05, 0) is 49.1 Å². The van der Waals surface area contributed by atoms with Crippen LogP contribution >= 0.6 is 0 Å². The van der Waals surface area contributed by atoms with Gasteiger partial charge in [0.25, 0.3) is 0 Å². The average Bonchev–Trinajstić information content (AvgIpc) is 2.36. The van der Waals surface area contributed by atoms with Crippen molar-refractivity contribution in [3.63, 3.8) is 0 Å². The van der Waals surface area contributed by atoms with E-state index in [0.717, 1.165) is 35.5 Å². The second-order valence-electron chi connectivity index (χ2n) is 4.60. The van der Waals surface area contributed by atoms with E-state index in [-0.39, 0.29) is 0 Å². The summed E-state index contributed by atoms with van der Waals surface area (Å²) in [6.45, 7) is 7.41. The molecule has 0 aliphatic heterocycles. The van der Waals surface area contributed by atoms with Crippen molar-refractivity contribution < 1.29 is 14.6 Å². The molecule has 1 aromatic rings. The van der Waals surface area contributed by atoms with Gasteiger partial charge in [0.2, 0.25) is 0 Å². The number of methoxy groups -OCH3 is 1. The fourth-order valence-electron chi connectivity index (χ4n) is 1.99. The molecule has 0 fully saturated rings. The summed E-state index contributed by atoms with van der Waals surface area (Å²) in [6.07, 6.45) is 1.18. The Morgan fingerprint density at radius 1 is 1.17 bits per heavy atom. The van der Waals surface area contributed by atoms with Gasteiger partial charge in [-0.1, -0.05) is 6.92 Å². The van der Waals surface area contributed by atoms with Crippen LogP contribution in [0.3, 0.4) is 0 Å². The van der Waals surface area contributed by atoms with Gasteiger partial charge in [-0.2, -0.15) is 0 Å². The molecular weight excluding hydrogens is 228 g/mol. The van der Waals surface area contributed by atoms with Crippen LogP contribution in [0.2, 0.25) is 0 Å². The van der Waals surface area contributed by atoms with Gasteiger partial charge < -0.3 is 14.6 Å². The van der Waals surface area contributed by atoms with E-state index in [1.54, 1.807) is 7.11 Å². The van der Waals surface area contributed by atoms with Gasteiger partial charge in [-0.15, -0.1) is 0 Å².